The SMILES string of the molecule is CCC(=C(c1ccc(O)cc1)c1ccc(O)cc1)c1ccc(OC)c(OCCN(C)C)c1. The first-order valence-electron chi connectivity index (χ1n) is 10.7. The zero-order chi connectivity index (χ0) is 23.1. The fourth-order valence-electron chi connectivity index (χ4n) is 3.61. The number of rotatable bonds is 9. The summed E-state index contributed by atoms with van der Waals surface area (Å²) < 4.78 is 11.6. The molecule has 5 heteroatoms. The standard InChI is InChI=1S/C27H31NO4/c1-5-24(21-10-15-25(31-4)26(18-21)32-17-16-28(2)3)27(19-6-11-22(29)12-7-19)20-8-13-23(30)14-9-20/h6-15,18,29-30H,5,16-17H2,1-4H3. The van der Waals surface area contributed by atoms with Gasteiger partial charge in [0, 0.05) is 6.54 Å². The highest BCUT2D eigenvalue weighted by molar-refractivity contribution is 5.98. The third-order valence-electron chi connectivity index (χ3n) is 5.28. The number of aromatic hydroxyl groups is 2. The van der Waals surface area contributed by atoms with Crippen LogP contribution in [0.5, 0.6) is 23.0 Å². The Hall–Kier alpha value is -3.44. The number of likely N-dealkylation sites (N-methyl/N-ethyl adjacent to an activating group) is 1. The Bertz CT molecular complexity index is 1010. The Morgan fingerprint density at radius 1 is 0.781 bits per heavy atom. The van der Waals surface area contributed by atoms with Gasteiger partial charge in [-0.2, -0.15) is 0 Å². The Morgan fingerprint density at radius 2 is 1.31 bits per heavy atom. The number of phenols is 2. The van der Waals surface area contributed by atoms with Gasteiger partial charge >= 0.3 is 0 Å². The molecule has 32 heavy (non-hydrogen) atoms. The van der Waals surface area contributed by atoms with Crippen LogP contribution in [0.15, 0.2) is 66.7 Å². The van der Waals surface area contributed by atoms with E-state index in [1.165, 1.54) is 0 Å². The highest BCUT2D eigenvalue weighted by Crippen LogP contribution is 2.38. The largest absolute Gasteiger partial charge is 0.508 e. The van der Waals surface area contributed by atoms with Gasteiger partial charge in [0.15, 0.2) is 11.5 Å². The van der Waals surface area contributed by atoms with Crippen molar-refractivity contribution >= 4 is 11.1 Å². The molecule has 0 unspecified atom stereocenters. The molecule has 0 aliphatic carbocycles. The normalized spacial score (nSPS) is 10.8. The Labute approximate surface area is 190 Å². The van der Waals surface area contributed by atoms with E-state index in [0.717, 1.165) is 40.8 Å². The number of benzene rings is 3. The number of hydrogen-bond acceptors (Lipinski definition) is 5. The van der Waals surface area contributed by atoms with Crippen LogP contribution < -0.4 is 9.47 Å². The average molecular weight is 434 g/mol. The summed E-state index contributed by atoms with van der Waals surface area (Å²) in [6.07, 6.45) is 0.778. The van der Waals surface area contributed by atoms with E-state index < -0.39 is 0 Å². The van der Waals surface area contributed by atoms with Crippen molar-refractivity contribution in [2.45, 2.75) is 13.3 Å². The summed E-state index contributed by atoms with van der Waals surface area (Å²) in [5.74, 6) is 1.84. The molecule has 0 radical (unpaired) electrons. The summed E-state index contributed by atoms with van der Waals surface area (Å²) >= 11 is 0. The van der Waals surface area contributed by atoms with E-state index in [0.29, 0.717) is 18.1 Å². The molecular formula is C27H31NO4. The van der Waals surface area contributed by atoms with E-state index in [4.69, 9.17) is 9.47 Å². The molecule has 0 aliphatic heterocycles. The van der Waals surface area contributed by atoms with Crippen molar-refractivity contribution in [3.63, 3.8) is 0 Å². The number of methoxy groups -OCH3 is 1. The molecule has 0 saturated heterocycles. The molecule has 0 heterocycles. The van der Waals surface area contributed by atoms with Crippen LogP contribution in [0, 0.1) is 0 Å². The highest BCUT2D eigenvalue weighted by atomic mass is 16.5. The average Bonchev–Trinajstić information content (AvgIpc) is 2.79. The Balaban J connectivity index is 2.15. The van der Waals surface area contributed by atoms with Gasteiger partial charge in [-0.25, -0.2) is 0 Å². The lowest BCUT2D eigenvalue weighted by atomic mass is 9.88. The fourth-order valence-corrected chi connectivity index (χ4v) is 3.61. The minimum atomic E-state index is 0.220. The summed E-state index contributed by atoms with van der Waals surface area (Å²) in [6.45, 7) is 3.48. The van der Waals surface area contributed by atoms with Crippen molar-refractivity contribution in [1.29, 1.82) is 0 Å². The molecule has 0 aromatic heterocycles. The molecule has 2 N–H and O–H groups in total. The second-order valence-corrected chi connectivity index (χ2v) is 7.82. The number of phenolic OH excluding ortho intramolecular Hbond substituents is 2. The minimum absolute atomic E-state index is 0.220. The summed E-state index contributed by atoms with van der Waals surface area (Å²) in [7, 11) is 5.66. The molecule has 0 saturated carbocycles. The zero-order valence-electron chi connectivity index (χ0n) is 19.1. The first kappa shape index (κ1) is 23.2. The van der Waals surface area contributed by atoms with E-state index in [1.54, 1.807) is 31.4 Å². The van der Waals surface area contributed by atoms with E-state index in [2.05, 4.69) is 11.8 Å². The maximum absolute atomic E-state index is 9.79. The first-order valence-corrected chi connectivity index (χ1v) is 10.7. The van der Waals surface area contributed by atoms with Crippen LogP contribution in [0.3, 0.4) is 0 Å². The lowest BCUT2D eigenvalue weighted by molar-refractivity contribution is 0.250. The van der Waals surface area contributed by atoms with Crippen LogP contribution in [0.1, 0.15) is 30.0 Å². The van der Waals surface area contributed by atoms with Crippen molar-refractivity contribution in [1.82, 2.24) is 4.90 Å². The maximum atomic E-state index is 9.79. The summed E-state index contributed by atoms with van der Waals surface area (Å²) in [5, 5.41) is 19.6. The highest BCUT2D eigenvalue weighted by Gasteiger charge is 2.16. The molecule has 3 rings (SSSR count). The summed E-state index contributed by atoms with van der Waals surface area (Å²) in [5.41, 5.74) is 5.16. The van der Waals surface area contributed by atoms with Gasteiger partial charge in [0.05, 0.1) is 7.11 Å². The molecule has 0 bridgehead atoms. The van der Waals surface area contributed by atoms with Crippen molar-refractivity contribution in [2.75, 3.05) is 34.4 Å². The number of allylic oxidation sites excluding steroid dienone is 1. The van der Waals surface area contributed by atoms with Crippen LogP contribution >= 0.6 is 0 Å². The lowest BCUT2D eigenvalue weighted by Gasteiger charge is -2.19. The van der Waals surface area contributed by atoms with Crippen molar-refractivity contribution < 1.29 is 19.7 Å². The van der Waals surface area contributed by atoms with Crippen LogP contribution in [-0.2, 0) is 0 Å². The third kappa shape index (κ3) is 5.62. The second-order valence-electron chi connectivity index (χ2n) is 7.82. The van der Waals surface area contributed by atoms with E-state index in [9.17, 15) is 10.2 Å². The Kier molecular flexibility index (Phi) is 7.79. The van der Waals surface area contributed by atoms with Crippen molar-refractivity contribution in [2.24, 2.45) is 0 Å². The zero-order valence-corrected chi connectivity index (χ0v) is 19.1. The van der Waals surface area contributed by atoms with Gasteiger partial charge in [0.2, 0.25) is 0 Å². The molecule has 5 nitrogen and oxygen atoms in total. The van der Waals surface area contributed by atoms with Crippen molar-refractivity contribution in [3.05, 3.63) is 83.4 Å². The topological polar surface area (TPSA) is 62.2 Å². The lowest BCUT2D eigenvalue weighted by Crippen LogP contribution is -2.19. The smallest absolute Gasteiger partial charge is 0.161 e. The van der Waals surface area contributed by atoms with Gasteiger partial charge in [-0.3, -0.25) is 0 Å². The third-order valence-corrected chi connectivity index (χ3v) is 5.28. The van der Waals surface area contributed by atoms with E-state index in [-0.39, 0.29) is 11.5 Å². The molecular weight excluding hydrogens is 402 g/mol. The molecule has 168 valence electrons. The summed E-state index contributed by atoms with van der Waals surface area (Å²) in [6, 6.07) is 20.4. The summed E-state index contributed by atoms with van der Waals surface area (Å²) in [4.78, 5) is 2.07. The predicted molar refractivity (Wildman–Crippen MR) is 129 cm³/mol. The van der Waals surface area contributed by atoms with Gasteiger partial charge in [-0.15, -0.1) is 0 Å². The van der Waals surface area contributed by atoms with E-state index in [1.807, 2.05) is 56.6 Å². The van der Waals surface area contributed by atoms with Gasteiger partial charge in [-0.05, 0) is 84.8 Å². The molecule has 0 aliphatic rings. The molecule has 3 aromatic rings. The molecule has 0 fully saturated rings. The molecule has 0 amide bonds. The van der Waals surface area contributed by atoms with Crippen LogP contribution in [0.4, 0.5) is 0 Å². The maximum Gasteiger partial charge on any atom is 0.161 e. The van der Waals surface area contributed by atoms with E-state index >= 15 is 0 Å². The monoisotopic (exact) mass is 433 g/mol. The molecule has 0 atom stereocenters. The fraction of sp³-hybridized carbons (Fsp3) is 0.259. The quantitative estimate of drug-likeness (QED) is 0.442. The first-order chi connectivity index (χ1) is 15.4. The van der Waals surface area contributed by atoms with Crippen LogP contribution in [0.2, 0.25) is 0 Å². The minimum Gasteiger partial charge on any atom is -0.508 e. The van der Waals surface area contributed by atoms with Gasteiger partial charge in [-0.1, -0.05) is 37.3 Å². The number of nitrogens with zero attached hydrogens (tertiary/aromatic N) is 1. The van der Waals surface area contributed by atoms with Gasteiger partial charge in [0.25, 0.3) is 0 Å². The molecule has 0 spiro atoms. The van der Waals surface area contributed by atoms with Gasteiger partial charge < -0.3 is 24.6 Å². The number of hydrogen-bond donors (Lipinski definition) is 2. The molecule has 3 aromatic carbocycles. The van der Waals surface area contributed by atoms with Crippen LogP contribution in [-0.4, -0.2) is 49.5 Å². The Morgan fingerprint density at radius 3 is 1.78 bits per heavy atom. The second kappa shape index (κ2) is 10.7. The van der Waals surface area contributed by atoms with Crippen LogP contribution in [0.25, 0.3) is 11.1 Å². The predicted octanol–water partition coefficient (Wildman–Crippen LogP) is 5.42. The van der Waals surface area contributed by atoms with Gasteiger partial charge in [0.1, 0.15) is 18.1 Å². The number of ether oxygens (including phenoxy) is 2. The van der Waals surface area contributed by atoms with Crippen molar-refractivity contribution in [3.8, 4) is 23.0 Å².